The van der Waals surface area contributed by atoms with Gasteiger partial charge in [0.1, 0.15) is 30.1 Å². The molecule has 7 nitrogen and oxygen atoms in total. The molecule has 1 heterocycles. The number of rotatable bonds is 12. The molecule has 0 radical (unpaired) electrons. The van der Waals surface area contributed by atoms with Crippen molar-refractivity contribution in [3.05, 3.63) is 108 Å². The summed E-state index contributed by atoms with van der Waals surface area (Å²) in [7, 11) is 3.80. The zero-order chi connectivity index (χ0) is 27.6. The van der Waals surface area contributed by atoms with Crippen molar-refractivity contribution in [1.82, 2.24) is 14.9 Å². The van der Waals surface area contributed by atoms with Gasteiger partial charge in [0.05, 0.1) is 5.69 Å². The van der Waals surface area contributed by atoms with Gasteiger partial charge in [0.2, 0.25) is 5.95 Å². The van der Waals surface area contributed by atoms with Gasteiger partial charge in [-0.3, -0.25) is 0 Å². The fourth-order valence-corrected chi connectivity index (χ4v) is 3.99. The lowest BCUT2D eigenvalue weighted by Crippen LogP contribution is -2.30. The molecule has 1 atom stereocenters. The number of benzene rings is 3. The maximum Gasteiger partial charge on any atom is 0.229 e. The van der Waals surface area contributed by atoms with E-state index in [2.05, 4.69) is 15.3 Å². The van der Waals surface area contributed by atoms with Crippen LogP contribution in [0.15, 0.2) is 91.1 Å². The van der Waals surface area contributed by atoms with Gasteiger partial charge in [0.25, 0.3) is 0 Å². The third kappa shape index (κ3) is 8.36. The summed E-state index contributed by atoms with van der Waals surface area (Å²) in [5.74, 6) is 1.27. The molecule has 39 heavy (non-hydrogen) atoms. The van der Waals surface area contributed by atoms with Crippen LogP contribution in [0, 0.1) is 12.7 Å². The van der Waals surface area contributed by atoms with Gasteiger partial charge in [-0.2, -0.15) is 4.98 Å². The highest BCUT2D eigenvalue weighted by Crippen LogP contribution is 2.29. The number of aryl methyl sites for hydroxylation is 1. The van der Waals surface area contributed by atoms with Crippen LogP contribution in [0.1, 0.15) is 11.1 Å². The SMILES string of the molecule is Cc1ccc(F)c(N(CC=Cc2ccccc2)c2ccnc(Nc3ccc(OCC(O)CN(C)C)cc3)n2)c1. The second kappa shape index (κ2) is 13.5. The van der Waals surface area contributed by atoms with Gasteiger partial charge in [-0.25, -0.2) is 9.37 Å². The molecular formula is C31H34FN5O2. The van der Waals surface area contributed by atoms with Gasteiger partial charge in [0.15, 0.2) is 0 Å². The Balaban J connectivity index is 1.50. The molecule has 0 spiro atoms. The highest BCUT2D eigenvalue weighted by Gasteiger charge is 2.15. The molecule has 1 aromatic heterocycles. The minimum absolute atomic E-state index is 0.209. The maximum absolute atomic E-state index is 15.0. The van der Waals surface area contributed by atoms with Gasteiger partial charge in [-0.1, -0.05) is 48.6 Å². The summed E-state index contributed by atoms with van der Waals surface area (Å²) in [6.45, 7) is 3.08. The molecule has 0 aliphatic heterocycles. The number of ether oxygens (including phenoxy) is 1. The minimum atomic E-state index is -0.572. The van der Waals surface area contributed by atoms with Crippen LogP contribution in [0.5, 0.6) is 5.75 Å². The van der Waals surface area contributed by atoms with Crippen molar-refractivity contribution in [2.45, 2.75) is 13.0 Å². The summed E-state index contributed by atoms with van der Waals surface area (Å²) in [6, 6.07) is 24.1. The zero-order valence-electron chi connectivity index (χ0n) is 22.5. The van der Waals surface area contributed by atoms with Crippen LogP contribution in [0.4, 0.5) is 27.5 Å². The second-order valence-corrected chi connectivity index (χ2v) is 9.49. The quantitative estimate of drug-likeness (QED) is 0.240. The van der Waals surface area contributed by atoms with Crippen LogP contribution in [0.25, 0.3) is 6.08 Å². The number of likely N-dealkylation sites (N-methyl/N-ethyl adjacent to an activating group) is 1. The third-order valence-electron chi connectivity index (χ3n) is 5.84. The van der Waals surface area contributed by atoms with Crippen LogP contribution in [-0.4, -0.2) is 59.9 Å². The standard InChI is InChI=1S/C31H34FN5O2/c1-23-11-16-28(32)29(20-23)37(19-7-10-24-8-5-4-6-9-24)30-17-18-33-31(35-30)34-25-12-14-27(15-13-25)39-22-26(38)21-36(2)3/h4-18,20,26,38H,19,21-22H2,1-3H3,(H,33,34,35). The number of nitrogens with zero attached hydrogens (tertiary/aromatic N) is 4. The van der Waals surface area contributed by atoms with Gasteiger partial charge < -0.3 is 25.0 Å². The van der Waals surface area contributed by atoms with Gasteiger partial charge in [-0.05, 0) is 74.6 Å². The van der Waals surface area contributed by atoms with Crippen molar-refractivity contribution < 1.29 is 14.2 Å². The Morgan fingerprint density at radius 2 is 1.79 bits per heavy atom. The van der Waals surface area contributed by atoms with Crippen molar-refractivity contribution in [3.63, 3.8) is 0 Å². The lowest BCUT2D eigenvalue weighted by Gasteiger charge is -2.24. The lowest BCUT2D eigenvalue weighted by atomic mass is 10.2. The third-order valence-corrected chi connectivity index (χ3v) is 5.84. The summed E-state index contributed by atoms with van der Waals surface area (Å²) in [5.41, 5.74) is 3.22. The molecule has 3 aromatic carbocycles. The Morgan fingerprint density at radius 1 is 1.03 bits per heavy atom. The highest BCUT2D eigenvalue weighted by atomic mass is 19.1. The van der Waals surface area contributed by atoms with Gasteiger partial charge in [0, 0.05) is 25.0 Å². The van der Waals surface area contributed by atoms with Crippen LogP contribution in [0.2, 0.25) is 0 Å². The van der Waals surface area contributed by atoms with Crippen LogP contribution in [-0.2, 0) is 0 Å². The van der Waals surface area contributed by atoms with E-state index in [1.165, 1.54) is 6.07 Å². The van der Waals surface area contributed by atoms with Crippen molar-refractivity contribution in [2.75, 3.05) is 44.0 Å². The van der Waals surface area contributed by atoms with Crippen LogP contribution < -0.4 is 15.0 Å². The van der Waals surface area contributed by atoms with E-state index in [1.54, 1.807) is 18.3 Å². The fraction of sp³-hybridized carbons (Fsp3) is 0.226. The van der Waals surface area contributed by atoms with E-state index >= 15 is 0 Å². The van der Waals surface area contributed by atoms with Crippen molar-refractivity contribution >= 4 is 29.2 Å². The average molecular weight is 528 g/mol. The molecule has 0 amide bonds. The molecule has 8 heteroatoms. The first-order valence-electron chi connectivity index (χ1n) is 12.8. The fourth-order valence-electron chi connectivity index (χ4n) is 3.99. The zero-order valence-corrected chi connectivity index (χ0v) is 22.5. The predicted octanol–water partition coefficient (Wildman–Crippen LogP) is 5.82. The molecule has 0 saturated carbocycles. The van der Waals surface area contributed by atoms with E-state index in [9.17, 15) is 9.50 Å². The number of nitrogens with one attached hydrogen (secondary N) is 1. The number of aromatic nitrogens is 2. The molecule has 2 N–H and O–H groups in total. The summed E-state index contributed by atoms with van der Waals surface area (Å²) in [5, 5.41) is 13.2. The molecule has 0 saturated heterocycles. The monoisotopic (exact) mass is 527 g/mol. The molecule has 0 bridgehead atoms. The lowest BCUT2D eigenvalue weighted by molar-refractivity contribution is 0.0831. The summed E-state index contributed by atoms with van der Waals surface area (Å²) < 4.78 is 20.6. The highest BCUT2D eigenvalue weighted by molar-refractivity contribution is 5.65. The molecule has 0 fully saturated rings. The number of aliphatic hydroxyl groups is 1. The van der Waals surface area contributed by atoms with E-state index in [0.29, 0.717) is 36.3 Å². The summed E-state index contributed by atoms with van der Waals surface area (Å²) in [6.07, 6.45) is 5.07. The first-order valence-corrected chi connectivity index (χ1v) is 12.8. The van der Waals surface area contributed by atoms with Crippen LogP contribution in [0.3, 0.4) is 0 Å². The Labute approximate surface area is 229 Å². The van der Waals surface area contributed by atoms with Crippen molar-refractivity contribution in [1.29, 1.82) is 0 Å². The van der Waals surface area contributed by atoms with E-state index in [0.717, 1.165) is 16.8 Å². The number of hydrogen-bond donors (Lipinski definition) is 2. The normalized spacial score (nSPS) is 12.1. The van der Waals surface area contributed by atoms with E-state index in [1.807, 2.05) is 104 Å². The predicted molar refractivity (Wildman–Crippen MR) is 155 cm³/mol. The topological polar surface area (TPSA) is 73.8 Å². The molecule has 4 rings (SSSR count). The Morgan fingerprint density at radius 3 is 2.54 bits per heavy atom. The minimum Gasteiger partial charge on any atom is -0.491 e. The second-order valence-electron chi connectivity index (χ2n) is 9.49. The molecule has 0 aliphatic carbocycles. The molecule has 0 aliphatic rings. The Bertz CT molecular complexity index is 1360. The van der Waals surface area contributed by atoms with E-state index in [4.69, 9.17) is 4.74 Å². The van der Waals surface area contributed by atoms with Gasteiger partial charge in [-0.15, -0.1) is 0 Å². The molecular weight excluding hydrogens is 493 g/mol. The Hall–Kier alpha value is -4.27. The van der Waals surface area contributed by atoms with Crippen molar-refractivity contribution in [2.24, 2.45) is 0 Å². The van der Waals surface area contributed by atoms with E-state index in [-0.39, 0.29) is 12.4 Å². The first-order chi connectivity index (χ1) is 18.9. The smallest absolute Gasteiger partial charge is 0.229 e. The maximum atomic E-state index is 15.0. The Kier molecular flexibility index (Phi) is 9.61. The summed E-state index contributed by atoms with van der Waals surface area (Å²) in [4.78, 5) is 12.8. The molecule has 4 aromatic rings. The average Bonchev–Trinajstić information content (AvgIpc) is 2.93. The largest absolute Gasteiger partial charge is 0.491 e. The molecule has 202 valence electrons. The number of hydrogen-bond acceptors (Lipinski definition) is 7. The van der Waals surface area contributed by atoms with Crippen molar-refractivity contribution in [3.8, 4) is 5.75 Å². The van der Waals surface area contributed by atoms with E-state index < -0.39 is 6.10 Å². The first kappa shape index (κ1) is 27.8. The number of halogens is 1. The number of aliphatic hydroxyl groups excluding tert-OH is 1. The number of anilines is 4. The van der Waals surface area contributed by atoms with Crippen LogP contribution >= 0.6 is 0 Å². The molecule has 1 unspecified atom stereocenters. The summed E-state index contributed by atoms with van der Waals surface area (Å²) >= 11 is 0. The van der Waals surface area contributed by atoms with Gasteiger partial charge >= 0.3 is 0 Å².